The standard InChI is InChI=1S/C23H30N4O3/c1-5-7-20(28)25-18-8-6-9-19(14-18)26-21(29)15-24-17-12-10-16(11-13-17)22(30)27-23(2,3)4/h6,8-14,24H,5,7,15H2,1-4H3,(H,25,28)(H,26,29)(H,27,30). The Morgan fingerprint density at radius 1 is 0.833 bits per heavy atom. The molecule has 0 fully saturated rings. The third-order valence-electron chi connectivity index (χ3n) is 4.00. The van der Waals surface area contributed by atoms with Crippen LogP contribution in [-0.4, -0.2) is 29.8 Å². The zero-order valence-electron chi connectivity index (χ0n) is 18.0. The zero-order valence-corrected chi connectivity index (χ0v) is 18.0. The van der Waals surface area contributed by atoms with Crippen LogP contribution in [0.1, 0.15) is 50.9 Å². The SMILES string of the molecule is CCCC(=O)Nc1cccc(NC(=O)CNc2ccc(C(=O)NC(C)(C)C)cc2)c1. The molecule has 7 heteroatoms. The van der Waals surface area contributed by atoms with Gasteiger partial charge in [-0.3, -0.25) is 14.4 Å². The highest BCUT2D eigenvalue weighted by Crippen LogP contribution is 2.16. The fourth-order valence-electron chi connectivity index (χ4n) is 2.66. The molecule has 0 saturated carbocycles. The van der Waals surface area contributed by atoms with Gasteiger partial charge in [-0.1, -0.05) is 13.0 Å². The molecule has 0 aliphatic heterocycles. The van der Waals surface area contributed by atoms with Gasteiger partial charge < -0.3 is 21.3 Å². The third kappa shape index (κ3) is 7.95. The lowest BCUT2D eigenvalue weighted by atomic mass is 10.1. The van der Waals surface area contributed by atoms with Crippen molar-refractivity contribution < 1.29 is 14.4 Å². The largest absolute Gasteiger partial charge is 0.376 e. The maximum absolute atomic E-state index is 12.2. The summed E-state index contributed by atoms with van der Waals surface area (Å²) in [4.78, 5) is 36.1. The van der Waals surface area contributed by atoms with Crippen LogP contribution in [0.5, 0.6) is 0 Å². The summed E-state index contributed by atoms with van der Waals surface area (Å²) in [5, 5.41) is 11.5. The first-order chi connectivity index (χ1) is 14.2. The number of nitrogens with one attached hydrogen (secondary N) is 4. The lowest BCUT2D eigenvalue weighted by molar-refractivity contribution is -0.116. The highest BCUT2D eigenvalue weighted by molar-refractivity contribution is 5.96. The van der Waals surface area contributed by atoms with E-state index in [1.807, 2.05) is 27.7 Å². The Balaban J connectivity index is 1.86. The number of amides is 3. The summed E-state index contributed by atoms with van der Waals surface area (Å²) in [5.74, 6) is -0.415. The molecule has 160 valence electrons. The van der Waals surface area contributed by atoms with E-state index >= 15 is 0 Å². The van der Waals surface area contributed by atoms with Gasteiger partial charge in [0.05, 0.1) is 6.54 Å². The van der Waals surface area contributed by atoms with E-state index in [1.54, 1.807) is 48.5 Å². The van der Waals surface area contributed by atoms with Gasteiger partial charge in [0.2, 0.25) is 11.8 Å². The molecule has 2 aromatic carbocycles. The lowest BCUT2D eigenvalue weighted by Crippen LogP contribution is -2.40. The van der Waals surface area contributed by atoms with E-state index in [0.717, 1.165) is 12.1 Å². The average molecular weight is 411 g/mol. The minimum atomic E-state index is -0.303. The molecule has 0 heterocycles. The van der Waals surface area contributed by atoms with Gasteiger partial charge in [0.1, 0.15) is 0 Å². The van der Waals surface area contributed by atoms with Crippen molar-refractivity contribution in [2.45, 2.75) is 46.1 Å². The normalized spacial score (nSPS) is 10.8. The van der Waals surface area contributed by atoms with Gasteiger partial charge in [-0.25, -0.2) is 0 Å². The average Bonchev–Trinajstić information content (AvgIpc) is 2.66. The first-order valence-corrected chi connectivity index (χ1v) is 10.0. The second kappa shape index (κ2) is 10.4. The predicted octanol–water partition coefficient (Wildman–Crippen LogP) is 4.00. The fourth-order valence-corrected chi connectivity index (χ4v) is 2.66. The third-order valence-corrected chi connectivity index (χ3v) is 4.00. The predicted molar refractivity (Wildman–Crippen MR) is 121 cm³/mol. The van der Waals surface area contributed by atoms with Crippen LogP contribution < -0.4 is 21.3 Å². The molecule has 0 aliphatic carbocycles. The smallest absolute Gasteiger partial charge is 0.251 e. The lowest BCUT2D eigenvalue weighted by Gasteiger charge is -2.20. The van der Waals surface area contributed by atoms with Crippen LogP contribution in [0.15, 0.2) is 48.5 Å². The monoisotopic (exact) mass is 410 g/mol. The van der Waals surface area contributed by atoms with Crippen molar-refractivity contribution in [1.82, 2.24) is 5.32 Å². The summed E-state index contributed by atoms with van der Waals surface area (Å²) in [7, 11) is 0. The molecule has 3 amide bonds. The first kappa shape index (κ1) is 22.9. The number of hydrogen-bond donors (Lipinski definition) is 4. The van der Waals surface area contributed by atoms with E-state index in [9.17, 15) is 14.4 Å². The fraction of sp³-hybridized carbons (Fsp3) is 0.348. The molecule has 0 atom stereocenters. The minimum absolute atomic E-state index is 0.0535. The molecule has 0 unspecified atom stereocenters. The Kier molecular flexibility index (Phi) is 7.98. The molecule has 7 nitrogen and oxygen atoms in total. The molecular weight excluding hydrogens is 380 g/mol. The van der Waals surface area contributed by atoms with Crippen molar-refractivity contribution in [2.24, 2.45) is 0 Å². The Morgan fingerprint density at radius 2 is 1.43 bits per heavy atom. The number of carbonyl (C=O) groups excluding carboxylic acids is 3. The molecule has 0 radical (unpaired) electrons. The van der Waals surface area contributed by atoms with Crippen molar-refractivity contribution in [1.29, 1.82) is 0 Å². The van der Waals surface area contributed by atoms with E-state index in [0.29, 0.717) is 23.4 Å². The molecule has 0 saturated heterocycles. The number of benzene rings is 2. The Labute approximate surface area is 177 Å². The summed E-state index contributed by atoms with van der Waals surface area (Å²) in [5.41, 5.74) is 2.23. The quantitative estimate of drug-likeness (QED) is 0.528. The van der Waals surface area contributed by atoms with Gasteiger partial charge in [-0.15, -0.1) is 0 Å². The van der Waals surface area contributed by atoms with Gasteiger partial charge in [0, 0.05) is 34.6 Å². The Bertz CT molecular complexity index is 886. The van der Waals surface area contributed by atoms with Gasteiger partial charge in [-0.2, -0.15) is 0 Å². The summed E-state index contributed by atoms with van der Waals surface area (Å²) in [6, 6.07) is 14.0. The second-order valence-corrected chi connectivity index (χ2v) is 8.06. The number of carbonyl (C=O) groups is 3. The van der Waals surface area contributed by atoms with Gasteiger partial charge >= 0.3 is 0 Å². The van der Waals surface area contributed by atoms with Crippen LogP contribution in [0.2, 0.25) is 0 Å². The Morgan fingerprint density at radius 3 is 2.00 bits per heavy atom. The van der Waals surface area contributed by atoms with E-state index in [2.05, 4.69) is 21.3 Å². The number of hydrogen-bond acceptors (Lipinski definition) is 4. The number of rotatable bonds is 8. The molecule has 0 aromatic heterocycles. The van der Waals surface area contributed by atoms with Crippen LogP contribution in [-0.2, 0) is 9.59 Å². The first-order valence-electron chi connectivity index (χ1n) is 10.0. The molecule has 30 heavy (non-hydrogen) atoms. The highest BCUT2D eigenvalue weighted by atomic mass is 16.2. The van der Waals surface area contributed by atoms with Crippen LogP contribution in [0.25, 0.3) is 0 Å². The van der Waals surface area contributed by atoms with Crippen molar-refractivity contribution in [2.75, 3.05) is 22.5 Å². The van der Waals surface area contributed by atoms with Crippen molar-refractivity contribution in [3.8, 4) is 0 Å². The highest BCUT2D eigenvalue weighted by Gasteiger charge is 2.15. The minimum Gasteiger partial charge on any atom is -0.376 e. The second-order valence-electron chi connectivity index (χ2n) is 8.06. The Hall–Kier alpha value is -3.35. The summed E-state index contributed by atoms with van der Waals surface area (Å²) in [6.45, 7) is 7.79. The molecule has 2 rings (SSSR count). The molecular formula is C23H30N4O3. The number of anilines is 3. The van der Waals surface area contributed by atoms with Crippen molar-refractivity contribution in [3.63, 3.8) is 0 Å². The molecule has 4 N–H and O–H groups in total. The van der Waals surface area contributed by atoms with E-state index < -0.39 is 0 Å². The molecule has 2 aromatic rings. The molecule has 0 spiro atoms. The van der Waals surface area contributed by atoms with Crippen molar-refractivity contribution in [3.05, 3.63) is 54.1 Å². The summed E-state index contributed by atoms with van der Waals surface area (Å²) >= 11 is 0. The van der Waals surface area contributed by atoms with Crippen LogP contribution in [0.3, 0.4) is 0 Å². The maximum Gasteiger partial charge on any atom is 0.251 e. The van der Waals surface area contributed by atoms with E-state index in [4.69, 9.17) is 0 Å². The van der Waals surface area contributed by atoms with Crippen molar-refractivity contribution >= 4 is 34.8 Å². The topological polar surface area (TPSA) is 99.3 Å². The van der Waals surface area contributed by atoms with E-state index in [-0.39, 0.29) is 29.8 Å². The van der Waals surface area contributed by atoms with Crippen LogP contribution in [0.4, 0.5) is 17.1 Å². The summed E-state index contributed by atoms with van der Waals surface area (Å²) < 4.78 is 0. The van der Waals surface area contributed by atoms with Crippen LogP contribution >= 0.6 is 0 Å². The summed E-state index contributed by atoms with van der Waals surface area (Å²) in [6.07, 6.45) is 1.23. The van der Waals surface area contributed by atoms with Gasteiger partial charge in [-0.05, 0) is 69.7 Å². The van der Waals surface area contributed by atoms with Gasteiger partial charge in [0.15, 0.2) is 0 Å². The van der Waals surface area contributed by atoms with Gasteiger partial charge in [0.25, 0.3) is 5.91 Å². The zero-order chi connectivity index (χ0) is 22.1. The molecule has 0 aliphatic rings. The van der Waals surface area contributed by atoms with Crippen LogP contribution in [0, 0.1) is 0 Å². The maximum atomic E-state index is 12.2. The van der Waals surface area contributed by atoms with E-state index in [1.165, 1.54) is 0 Å². The molecule has 0 bridgehead atoms.